The number of hydrogen-bond donors (Lipinski definition) is 0. The molecule has 1 rings (SSSR count). The Morgan fingerprint density at radius 1 is 1.44 bits per heavy atom. The maximum Gasteiger partial charge on any atom is -0.0194 e. The van der Waals surface area contributed by atoms with Crippen LogP contribution in [-0.4, -0.2) is 0 Å². The van der Waals surface area contributed by atoms with Gasteiger partial charge < -0.3 is 0 Å². The van der Waals surface area contributed by atoms with Crippen LogP contribution in [0, 0.1) is 11.8 Å². The molecule has 0 amide bonds. The minimum absolute atomic E-state index is 0.793. The molecule has 0 bridgehead atoms. The van der Waals surface area contributed by atoms with Gasteiger partial charge in [-0.25, -0.2) is 0 Å². The molecular formula is C9H16. The second-order valence-corrected chi connectivity index (χ2v) is 3.47. The summed E-state index contributed by atoms with van der Waals surface area (Å²) >= 11 is 0. The molecule has 52 valence electrons. The Labute approximate surface area is 58.0 Å². The van der Waals surface area contributed by atoms with Crippen LogP contribution in [0.25, 0.3) is 0 Å². The fraction of sp³-hybridized carbons (Fsp3) is 0.778. The van der Waals surface area contributed by atoms with Gasteiger partial charge in [-0.3, -0.25) is 0 Å². The molecule has 1 aliphatic rings. The highest BCUT2D eigenvalue weighted by molar-refractivity contribution is 5.27. The van der Waals surface area contributed by atoms with E-state index in [1.807, 2.05) is 0 Å². The van der Waals surface area contributed by atoms with Gasteiger partial charge in [0, 0.05) is 0 Å². The zero-order valence-corrected chi connectivity index (χ0v) is 6.86. The third-order valence-electron chi connectivity index (χ3n) is 2.47. The zero-order chi connectivity index (χ0) is 7.02. The van der Waals surface area contributed by atoms with Crippen LogP contribution in [-0.2, 0) is 0 Å². The average molecular weight is 124 g/mol. The van der Waals surface area contributed by atoms with E-state index in [1.165, 1.54) is 6.42 Å². The van der Waals surface area contributed by atoms with Gasteiger partial charge in [-0.1, -0.05) is 31.9 Å². The van der Waals surface area contributed by atoms with Crippen molar-refractivity contribution in [3.63, 3.8) is 0 Å². The Morgan fingerprint density at radius 3 is 2.11 bits per heavy atom. The van der Waals surface area contributed by atoms with Gasteiger partial charge in [0.2, 0.25) is 0 Å². The van der Waals surface area contributed by atoms with E-state index >= 15 is 0 Å². The molecule has 0 nitrogen and oxygen atoms in total. The van der Waals surface area contributed by atoms with Crippen molar-refractivity contribution in [3.05, 3.63) is 11.1 Å². The molecule has 9 heavy (non-hydrogen) atoms. The first-order chi connectivity index (χ1) is 4.13. The molecule has 1 unspecified atom stereocenters. The predicted molar refractivity (Wildman–Crippen MR) is 41.3 cm³/mol. The van der Waals surface area contributed by atoms with Gasteiger partial charge >= 0.3 is 0 Å². The third kappa shape index (κ3) is 1.03. The minimum Gasteiger partial charge on any atom is -0.0707 e. The lowest BCUT2D eigenvalue weighted by atomic mass is 9.75. The smallest absolute Gasteiger partial charge is 0.0194 e. The summed E-state index contributed by atoms with van der Waals surface area (Å²) < 4.78 is 0. The summed E-state index contributed by atoms with van der Waals surface area (Å²) in [5.74, 6) is 1.67. The molecule has 0 heteroatoms. The molecule has 0 spiro atoms. The van der Waals surface area contributed by atoms with Crippen LogP contribution in [0.2, 0.25) is 0 Å². The van der Waals surface area contributed by atoms with E-state index in [0.29, 0.717) is 0 Å². The number of hydrogen-bond acceptors (Lipinski definition) is 0. The van der Waals surface area contributed by atoms with Gasteiger partial charge in [-0.05, 0) is 25.2 Å². The van der Waals surface area contributed by atoms with Crippen LogP contribution in [0.1, 0.15) is 34.1 Å². The summed E-state index contributed by atoms with van der Waals surface area (Å²) in [6.45, 7) is 9.14. The van der Waals surface area contributed by atoms with Gasteiger partial charge in [0.1, 0.15) is 0 Å². The maximum absolute atomic E-state index is 2.31. The highest BCUT2D eigenvalue weighted by Gasteiger charge is 2.22. The zero-order valence-electron chi connectivity index (χ0n) is 6.86. The van der Waals surface area contributed by atoms with E-state index in [4.69, 9.17) is 0 Å². The monoisotopic (exact) mass is 124 g/mol. The molecule has 0 heterocycles. The summed E-state index contributed by atoms with van der Waals surface area (Å²) in [6.07, 6.45) is 1.35. The normalized spacial score (nSPS) is 27.0. The molecule has 0 fully saturated rings. The van der Waals surface area contributed by atoms with Crippen molar-refractivity contribution in [2.45, 2.75) is 34.1 Å². The summed E-state index contributed by atoms with van der Waals surface area (Å²) in [7, 11) is 0. The second-order valence-electron chi connectivity index (χ2n) is 3.47. The highest BCUT2D eigenvalue weighted by Crippen LogP contribution is 2.37. The van der Waals surface area contributed by atoms with Gasteiger partial charge in [0.25, 0.3) is 0 Å². The van der Waals surface area contributed by atoms with Crippen LogP contribution in [0.5, 0.6) is 0 Å². The van der Waals surface area contributed by atoms with Crippen molar-refractivity contribution in [1.82, 2.24) is 0 Å². The van der Waals surface area contributed by atoms with E-state index in [1.54, 1.807) is 11.1 Å². The molecule has 1 aliphatic carbocycles. The van der Waals surface area contributed by atoms with Crippen LogP contribution in [0.15, 0.2) is 11.1 Å². The SMILES string of the molecule is CC1=C(C(C)C)CC1C. The Hall–Kier alpha value is -0.260. The molecular weight excluding hydrogens is 108 g/mol. The Balaban J connectivity index is 2.65. The number of rotatable bonds is 1. The fourth-order valence-corrected chi connectivity index (χ4v) is 1.52. The van der Waals surface area contributed by atoms with Gasteiger partial charge in [0.05, 0.1) is 0 Å². The van der Waals surface area contributed by atoms with Crippen molar-refractivity contribution in [3.8, 4) is 0 Å². The van der Waals surface area contributed by atoms with Crippen LogP contribution in [0.3, 0.4) is 0 Å². The standard InChI is InChI=1S/C9H16/c1-6(2)9-5-7(3)8(9)4/h6-7H,5H2,1-4H3. The molecule has 1 atom stereocenters. The quantitative estimate of drug-likeness (QED) is 0.471. The predicted octanol–water partition coefficient (Wildman–Crippen LogP) is 3.00. The van der Waals surface area contributed by atoms with E-state index < -0.39 is 0 Å². The first kappa shape index (κ1) is 6.85. The molecule has 0 radical (unpaired) electrons. The van der Waals surface area contributed by atoms with E-state index in [2.05, 4.69) is 27.7 Å². The van der Waals surface area contributed by atoms with E-state index in [0.717, 1.165) is 11.8 Å². The summed E-state index contributed by atoms with van der Waals surface area (Å²) in [6, 6.07) is 0. The Bertz CT molecular complexity index is 140. The Morgan fingerprint density at radius 2 is 2.00 bits per heavy atom. The molecule has 0 saturated carbocycles. The van der Waals surface area contributed by atoms with Crippen molar-refractivity contribution in [1.29, 1.82) is 0 Å². The Kier molecular flexibility index (Phi) is 1.65. The van der Waals surface area contributed by atoms with Gasteiger partial charge in [-0.15, -0.1) is 0 Å². The number of allylic oxidation sites excluding steroid dienone is 2. The maximum atomic E-state index is 2.31. The largest absolute Gasteiger partial charge is 0.0707 e. The van der Waals surface area contributed by atoms with Crippen LogP contribution >= 0.6 is 0 Å². The second kappa shape index (κ2) is 2.17. The highest BCUT2D eigenvalue weighted by atomic mass is 14.3. The summed E-state index contributed by atoms with van der Waals surface area (Å²) in [4.78, 5) is 0. The molecule has 0 aromatic heterocycles. The molecule has 0 N–H and O–H groups in total. The molecule has 0 aromatic carbocycles. The lowest BCUT2D eigenvalue weighted by Crippen LogP contribution is -2.16. The fourth-order valence-electron chi connectivity index (χ4n) is 1.52. The van der Waals surface area contributed by atoms with Gasteiger partial charge in [-0.2, -0.15) is 0 Å². The molecule has 0 aromatic rings. The lowest BCUT2D eigenvalue weighted by Gasteiger charge is -2.31. The topological polar surface area (TPSA) is 0 Å². The van der Waals surface area contributed by atoms with Crippen molar-refractivity contribution in [2.75, 3.05) is 0 Å². The first-order valence-corrected chi connectivity index (χ1v) is 3.82. The minimum atomic E-state index is 0.793. The van der Waals surface area contributed by atoms with E-state index in [9.17, 15) is 0 Å². The molecule has 0 aliphatic heterocycles. The van der Waals surface area contributed by atoms with Crippen molar-refractivity contribution >= 4 is 0 Å². The van der Waals surface area contributed by atoms with Crippen molar-refractivity contribution < 1.29 is 0 Å². The summed E-state index contributed by atoms with van der Waals surface area (Å²) in [5.41, 5.74) is 3.34. The van der Waals surface area contributed by atoms with E-state index in [-0.39, 0.29) is 0 Å². The molecule has 0 saturated heterocycles. The van der Waals surface area contributed by atoms with Crippen molar-refractivity contribution in [2.24, 2.45) is 11.8 Å². The van der Waals surface area contributed by atoms with Gasteiger partial charge in [0.15, 0.2) is 0 Å². The third-order valence-corrected chi connectivity index (χ3v) is 2.47. The lowest BCUT2D eigenvalue weighted by molar-refractivity contribution is 0.515. The average Bonchev–Trinajstić information content (AvgIpc) is 1.81. The van der Waals surface area contributed by atoms with Crippen LogP contribution < -0.4 is 0 Å². The van der Waals surface area contributed by atoms with Crippen LogP contribution in [0.4, 0.5) is 0 Å². The summed E-state index contributed by atoms with van der Waals surface area (Å²) in [5, 5.41) is 0. The first-order valence-electron chi connectivity index (χ1n) is 3.82.